The number of rotatable bonds is 5. The van der Waals surface area contributed by atoms with Crippen LogP contribution in [-0.4, -0.2) is 31.4 Å². The lowest BCUT2D eigenvalue weighted by Crippen LogP contribution is -2.17. The second-order valence-corrected chi connectivity index (χ2v) is 5.27. The van der Waals surface area contributed by atoms with E-state index in [9.17, 15) is 9.90 Å². The van der Waals surface area contributed by atoms with Gasteiger partial charge in [0, 0.05) is 5.56 Å². The lowest BCUT2D eigenvalue weighted by atomic mass is 10.1. The summed E-state index contributed by atoms with van der Waals surface area (Å²) < 4.78 is 10.3. The molecular weight excluding hydrogens is 308 g/mol. The molecule has 2 N–H and O–H groups in total. The fourth-order valence-electron chi connectivity index (χ4n) is 2.27. The molecule has 0 spiro atoms. The number of carbonyl (C=O) groups excluding carboxylic acids is 1. The highest BCUT2D eigenvalue weighted by Crippen LogP contribution is 2.27. The van der Waals surface area contributed by atoms with Crippen molar-refractivity contribution < 1.29 is 19.4 Å². The number of phenolic OH excluding ortho intramolecular Hbond substituents is 1. The highest BCUT2D eigenvalue weighted by atomic mass is 16.5. The third-order valence-electron chi connectivity index (χ3n) is 3.54. The Labute approximate surface area is 140 Å². The van der Waals surface area contributed by atoms with Gasteiger partial charge < -0.3 is 14.6 Å². The van der Waals surface area contributed by atoms with Crippen molar-refractivity contribution in [1.82, 2.24) is 5.43 Å². The molecular formula is C18H20N2O4. The molecule has 0 aliphatic carbocycles. The zero-order valence-corrected chi connectivity index (χ0v) is 14.1. The maximum absolute atomic E-state index is 12.1. The summed E-state index contributed by atoms with van der Waals surface area (Å²) in [4.78, 5) is 12.1. The molecule has 6 heteroatoms. The van der Waals surface area contributed by atoms with Crippen molar-refractivity contribution in [2.24, 2.45) is 5.10 Å². The van der Waals surface area contributed by atoms with Crippen molar-refractivity contribution >= 4 is 12.1 Å². The summed E-state index contributed by atoms with van der Waals surface area (Å²) in [5.41, 5.74) is 5.16. The molecule has 0 bridgehead atoms. The van der Waals surface area contributed by atoms with Gasteiger partial charge in [-0.05, 0) is 60.9 Å². The Balaban J connectivity index is 2.10. The van der Waals surface area contributed by atoms with E-state index in [4.69, 9.17) is 9.47 Å². The third kappa shape index (κ3) is 3.84. The van der Waals surface area contributed by atoms with Gasteiger partial charge in [0.25, 0.3) is 5.91 Å². The molecule has 0 aliphatic heterocycles. The Morgan fingerprint density at radius 3 is 2.29 bits per heavy atom. The van der Waals surface area contributed by atoms with Gasteiger partial charge in [0.1, 0.15) is 5.75 Å². The summed E-state index contributed by atoms with van der Waals surface area (Å²) in [6, 6.07) is 8.44. The number of aryl methyl sites for hydroxylation is 2. The van der Waals surface area contributed by atoms with Crippen molar-refractivity contribution in [2.75, 3.05) is 14.2 Å². The van der Waals surface area contributed by atoms with Gasteiger partial charge in [-0.3, -0.25) is 4.79 Å². The van der Waals surface area contributed by atoms with Crippen molar-refractivity contribution in [1.29, 1.82) is 0 Å². The minimum Gasteiger partial charge on any atom is -0.507 e. The van der Waals surface area contributed by atoms with Gasteiger partial charge >= 0.3 is 0 Å². The summed E-state index contributed by atoms with van der Waals surface area (Å²) in [7, 11) is 3.04. The Morgan fingerprint density at radius 2 is 1.71 bits per heavy atom. The molecule has 0 saturated heterocycles. The van der Waals surface area contributed by atoms with E-state index in [1.54, 1.807) is 30.3 Å². The number of amides is 1. The van der Waals surface area contributed by atoms with Crippen LogP contribution >= 0.6 is 0 Å². The molecule has 6 nitrogen and oxygen atoms in total. The number of carbonyl (C=O) groups is 1. The lowest BCUT2D eigenvalue weighted by molar-refractivity contribution is 0.0954. The van der Waals surface area contributed by atoms with E-state index in [1.165, 1.54) is 20.4 Å². The van der Waals surface area contributed by atoms with E-state index in [0.29, 0.717) is 17.1 Å². The zero-order chi connectivity index (χ0) is 17.7. The van der Waals surface area contributed by atoms with Crippen molar-refractivity contribution in [3.05, 3.63) is 52.6 Å². The lowest BCUT2D eigenvalue weighted by Gasteiger charge is -2.08. The van der Waals surface area contributed by atoms with Gasteiger partial charge in [-0.1, -0.05) is 0 Å². The van der Waals surface area contributed by atoms with Crippen LogP contribution in [0.3, 0.4) is 0 Å². The van der Waals surface area contributed by atoms with Gasteiger partial charge in [-0.2, -0.15) is 5.10 Å². The molecule has 0 unspecified atom stereocenters. The largest absolute Gasteiger partial charge is 0.507 e. The number of benzene rings is 2. The summed E-state index contributed by atoms with van der Waals surface area (Å²) in [6.45, 7) is 3.61. The van der Waals surface area contributed by atoms with Gasteiger partial charge in [0.15, 0.2) is 11.5 Å². The van der Waals surface area contributed by atoms with E-state index in [0.717, 1.165) is 16.7 Å². The maximum Gasteiger partial charge on any atom is 0.271 e. The normalized spacial score (nSPS) is 10.7. The van der Waals surface area contributed by atoms with Gasteiger partial charge in [-0.25, -0.2) is 5.43 Å². The van der Waals surface area contributed by atoms with Crippen LogP contribution in [0.5, 0.6) is 17.2 Å². The number of phenols is 1. The molecule has 0 saturated carbocycles. The number of nitrogens with zero attached hydrogens (tertiary/aromatic N) is 1. The number of methoxy groups -OCH3 is 2. The van der Waals surface area contributed by atoms with Crippen LogP contribution in [-0.2, 0) is 0 Å². The van der Waals surface area contributed by atoms with Crippen LogP contribution in [0.2, 0.25) is 0 Å². The minimum absolute atomic E-state index is 0.265. The standard InChI is InChI=1S/C18H20N2O4/c1-11-7-13(8-12(2)17(11)21)10-19-20-18(22)14-5-6-15(23-3)16(9-14)24-4/h5-10,21H,1-4H3,(H,20,22)/b19-10+. The quantitative estimate of drug-likeness (QED) is 0.653. The van der Waals surface area contributed by atoms with Crippen LogP contribution < -0.4 is 14.9 Å². The summed E-state index contributed by atoms with van der Waals surface area (Å²) in [5, 5.41) is 13.7. The monoisotopic (exact) mass is 328 g/mol. The first-order valence-corrected chi connectivity index (χ1v) is 7.32. The van der Waals surface area contributed by atoms with Crippen LogP contribution in [0.25, 0.3) is 0 Å². The molecule has 2 rings (SSSR count). The predicted octanol–water partition coefficient (Wildman–Crippen LogP) is 2.79. The number of hydrogen-bond acceptors (Lipinski definition) is 5. The molecule has 24 heavy (non-hydrogen) atoms. The highest BCUT2D eigenvalue weighted by molar-refractivity contribution is 5.95. The van der Waals surface area contributed by atoms with Gasteiger partial charge in [-0.15, -0.1) is 0 Å². The first-order valence-electron chi connectivity index (χ1n) is 7.32. The summed E-state index contributed by atoms with van der Waals surface area (Å²) in [6.07, 6.45) is 1.53. The molecule has 0 atom stereocenters. The van der Waals surface area contributed by atoms with E-state index in [2.05, 4.69) is 10.5 Å². The fourth-order valence-corrected chi connectivity index (χ4v) is 2.27. The molecule has 2 aromatic carbocycles. The highest BCUT2D eigenvalue weighted by Gasteiger charge is 2.10. The van der Waals surface area contributed by atoms with E-state index in [1.807, 2.05) is 13.8 Å². The number of hydrogen-bond donors (Lipinski definition) is 2. The van der Waals surface area contributed by atoms with Crippen LogP contribution in [0.1, 0.15) is 27.0 Å². The Hall–Kier alpha value is -3.02. The minimum atomic E-state index is -0.362. The molecule has 0 radical (unpaired) electrons. The SMILES string of the molecule is COc1ccc(C(=O)N/N=C/c2cc(C)c(O)c(C)c2)cc1OC. The number of nitrogens with one attached hydrogen (secondary N) is 1. The van der Waals surface area contributed by atoms with Crippen LogP contribution in [0, 0.1) is 13.8 Å². The first-order chi connectivity index (χ1) is 11.5. The van der Waals surface area contributed by atoms with E-state index in [-0.39, 0.29) is 11.7 Å². The van der Waals surface area contributed by atoms with Crippen molar-refractivity contribution in [3.8, 4) is 17.2 Å². The zero-order valence-electron chi connectivity index (χ0n) is 14.1. The molecule has 0 heterocycles. The second kappa shape index (κ2) is 7.50. The smallest absolute Gasteiger partial charge is 0.271 e. The predicted molar refractivity (Wildman–Crippen MR) is 92.2 cm³/mol. The topological polar surface area (TPSA) is 80.2 Å². The maximum atomic E-state index is 12.1. The number of ether oxygens (including phenoxy) is 2. The molecule has 126 valence electrons. The van der Waals surface area contributed by atoms with Gasteiger partial charge in [0.05, 0.1) is 20.4 Å². The summed E-state index contributed by atoms with van der Waals surface area (Å²) >= 11 is 0. The molecule has 2 aromatic rings. The Kier molecular flexibility index (Phi) is 5.42. The number of aromatic hydroxyl groups is 1. The number of hydrazone groups is 1. The molecule has 0 fully saturated rings. The Morgan fingerprint density at radius 1 is 1.08 bits per heavy atom. The molecule has 0 aromatic heterocycles. The van der Waals surface area contributed by atoms with E-state index < -0.39 is 0 Å². The molecule has 0 aliphatic rings. The average molecular weight is 328 g/mol. The van der Waals surface area contributed by atoms with Crippen LogP contribution in [0.4, 0.5) is 0 Å². The second-order valence-electron chi connectivity index (χ2n) is 5.27. The van der Waals surface area contributed by atoms with Crippen molar-refractivity contribution in [3.63, 3.8) is 0 Å². The molecule has 1 amide bonds. The Bertz CT molecular complexity index is 762. The third-order valence-corrected chi connectivity index (χ3v) is 3.54. The fraction of sp³-hybridized carbons (Fsp3) is 0.222. The van der Waals surface area contributed by atoms with Gasteiger partial charge in [0.2, 0.25) is 0 Å². The average Bonchev–Trinajstić information content (AvgIpc) is 2.58. The first kappa shape index (κ1) is 17.3. The van der Waals surface area contributed by atoms with Crippen molar-refractivity contribution in [2.45, 2.75) is 13.8 Å². The summed E-state index contributed by atoms with van der Waals surface area (Å²) in [5.74, 6) is 0.924. The van der Waals surface area contributed by atoms with Crippen LogP contribution in [0.15, 0.2) is 35.4 Å². The van der Waals surface area contributed by atoms with E-state index >= 15 is 0 Å².